The molecule has 3 rings (SSSR count). The highest BCUT2D eigenvalue weighted by atomic mass is 79.9. The highest BCUT2D eigenvalue weighted by Crippen LogP contribution is 2.30. The molecule has 0 spiro atoms. The number of aromatic nitrogens is 4. The van der Waals surface area contributed by atoms with Gasteiger partial charge >= 0.3 is 0 Å². The highest BCUT2D eigenvalue weighted by molar-refractivity contribution is 9.11. The molecule has 0 bridgehead atoms. The van der Waals surface area contributed by atoms with Crippen LogP contribution >= 0.6 is 38.9 Å². The van der Waals surface area contributed by atoms with Crippen molar-refractivity contribution in [3.8, 4) is 10.7 Å². The van der Waals surface area contributed by atoms with Crippen LogP contribution in [0.4, 0.5) is 0 Å². The van der Waals surface area contributed by atoms with Crippen LogP contribution in [-0.2, 0) is 0 Å². The van der Waals surface area contributed by atoms with Crippen molar-refractivity contribution in [3.05, 3.63) is 33.0 Å². The van der Waals surface area contributed by atoms with E-state index in [2.05, 4.69) is 31.1 Å². The van der Waals surface area contributed by atoms with Gasteiger partial charge in [0.2, 0.25) is 0 Å². The van der Waals surface area contributed by atoms with Crippen LogP contribution in [0.2, 0.25) is 5.15 Å². The number of hydrogen-bond acceptors (Lipinski definition) is 4. The van der Waals surface area contributed by atoms with Gasteiger partial charge in [-0.25, -0.2) is 4.98 Å². The van der Waals surface area contributed by atoms with Crippen molar-refractivity contribution >= 4 is 44.5 Å². The molecule has 0 radical (unpaired) electrons. The number of fused-ring (bicyclic) bond motifs is 1. The molecule has 0 amide bonds. The number of halogens is 2. The van der Waals surface area contributed by atoms with Gasteiger partial charge in [0.05, 0.1) is 8.66 Å². The topological polar surface area (TPSA) is 43.1 Å². The van der Waals surface area contributed by atoms with Crippen LogP contribution in [0, 0.1) is 6.92 Å². The average molecular weight is 330 g/mol. The van der Waals surface area contributed by atoms with E-state index < -0.39 is 0 Å². The quantitative estimate of drug-likeness (QED) is 0.641. The number of hydrogen-bond donors (Lipinski definition) is 0. The zero-order chi connectivity index (χ0) is 12.0. The Balaban J connectivity index is 2.31. The molecule has 3 heterocycles. The lowest BCUT2D eigenvalue weighted by Gasteiger charge is -2.01. The van der Waals surface area contributed by atoms with Crippen molar-refractivity contribution in [2.75, 3.05) is 0 Å². The molecule has 0 saturated heterocycles. The predicted octanol–water partition coefficient (Wildman–Crippen LogP) is 3.58. The summed E-state index contributed by atoms with van der Waals surface area (Å²) in [4.78, 5) is 5.25. The van der Waals surface area contributed by atoms with Crippen molar-refractivity contribution in [1.82, 2.24) is 19.6 Å². The molecule has 3 aromatic heterocycles. The van der Waals surface area contributed by atoms with Crippen molar-refractivity contribution in [3.63, 3.8) is 0 Å². The Morgan fingerprint density at radius 1 is 1.35 bits per heavy atom. The fraction of sp³-hybridized carbons (Fsp3) is 0.100. The van der Waals surface area contributed by atoms with E-state index in [1.807, 2.05) is 23.5 Å². The van der Waals surface area contributed by atoms with E-state index in [0.29, 0.717) is 10.8 Å². The summed E-state index contributed by atoms with van der Waals surface area (Å²) in [5, 5.41) is 8.72. The van der Waals surface area contributed by atoms with Gasteiger partial charge in [-0.2, -0.15) is 0 Å². The van der Waals surface area contributed by atoms with Gasteiger partial charge in [0.15, 0.2) is 11.5 Å². The summed E-state index contributed by atoms with van der Waals surface area (Å²) in [6.07, 6.45) is 0. The summed E-state index contributed by atoms with van der Waals surface area (Å²) in [5.74, 6) is 1.56. The summed E-state index contributed by atoms with van der Waals surface area (Å²) in [5.41, 5.74) is 0.710. The average Bonchev–Trinajstić information content (AvgIpc) is 2.83. The molecule has 0 aromatic carbocycles. The third-order valence-corrected chi connectivity index (χ3v) is 4.14. The summed E-state index contributed by atoms with van der Waals surface area (Å²) >= 11 is 10.9. The second-order valence-electron chi connectivity index (χ2n) is 3.45. The molecule has 0 aliphatic rings. The maximum atomic E-state index is 5.89. The monoisotopic (exact) mass is 328 g/mol. The van der Waals surface area contributed by atoms with Gasteiger partial charge in [0.1, 0.15) is 11.0 Å². The van der Waals surface area contributed by atoms with E-state index in [1.165, 1.54) is 0 Å². The fourth-order valence-electron chi connectivity index (χ4n) is 1.65. The van der Waals surface area contributed by atoms with E-state index in [1.54, 1.807) is 17.4 Å². The molecule has 4 nitrogen and oxygen atoms in total. The van der Waals surface area contributed by atoms with Crippen LogP contribution in [0.15, 0.2) is 22.0 Å². The molecule has 0 fully saturated rings. The Morgan fingerprint density at radius 3 is 2.88 bits per heavy atom. The smallest absolute Gasteiger partial charge is 0.179 e. The first kappa shape index (κ1) is 11.1. The van der Waals surface area contributed by atoms with Crippen LogP contribution in [0.25, 0.3) is 16.3 Å². The zero-order valence-electron chi connectivity index (χ0n) is 8.69. The van der Waals surface area contributed by atoms with Crippen LogP contribution in [0.1, 0.15) is 5.82 Å². The first-order valence-electron chi connectivity index (χ1n) is 4.79. The molecule has 17 heavy (non-hydrogen) atoms. The van der Waals surface area contributed by atoms with E-state index in [9.17, 15) is 0 Å². The van der Waals surface area contributed by atoms with E-state index >= 15 is 0 Å². The van der Waals surface area contributed by atoms with E-state index in [4.69, 9.17) is 11.6 Å². The minimum Gasteiger partial charge on any atom is -0.262 e. The minimum atomic E-state index is 0.432. The lowest BCUT2D eigenvalue weighted by molar-refractivity contribution is 0.991. The molecule has 0 unspecified atom stereocenters. The van der Waals surface area contributed by atoms with Crippen LogP contribution in [-0.4, -0.2) is 19.6 Å². The molecule has 0 aliphatic carbocycles. The molecule has 0 aliphatic heterocycles. The molecule has 3 aromatic rings. The van der Waals surface area contributed by atoms with Crippen molar-refractivity contribution in [2.45, 2.75) is 6.92 Å². The normalized spacial score (nSPS) is 11.2. The largest absolute Gasteiger partial charge is 0.262 e. The molecular weight excluding hydrogens is 324 g/mol. The van der Waals surface area contributed by atoms with Crippen molar-refractivity contribution in [1.29, 1.82) is 0 Å². The molecule has 0 atom stereocenters. The SMILES string of the molecule is Cc1nc(Cl)cc2nnc(-c3ccc(Br)s3)n12. The molecular formula is C10H6BrClN4S. The van der Waals surface area contributed by atoms with Gasteiger partial charge in [-0.3, -0.25) is 4.40 Å². The van der Waals surface area contributed by atoms with E-state index in [0.717, 1.165) is 20.3 Å². The molecule has 7 heteroatoms. The lowest BCUT2D eigenvalue weighted by atomic mass is 10.4. The second kappa shape index (κ2) is 4.04. The Kier molecular flexibility index (Phi) is 2.65. The summed E-state index contributed by atoms with van der Waals surface area (Å²) in [6, 6.07) is 5.69. The van der Waals surface area contributed by atoms with Gasteiger partial charge in [-0.05, 0) is 35.0 Å². The van der Waals surface area contributed by atoms with Gasteiger partial charge in [-0.15, -0.1) is 21.5 Å². The van der Waals surface area contributed by atoms with Gasteiger partial charge in [-0.1, -0.05) is 11.6 Å². The van der Waals surface area contributed by atoms with E-state index in [-0.39, 0.29) is 0 Å². The third-order valence-electron chi connectivity index (χ3n) is 2.32. The van der Waals surface area contributed by atoms with Gasteiger partial charge < -0.3 is 0 Å². The Hall–Kier alpha value is -0.980. The first-order valence-corrected chi connectivity index (χ1v) is 6.78. The number of nitrogens with zero attached hydrogens (tertiary/aromatic N) is 4. The third kappa shape index (κ3) is 1.86. The lowest BCUT2D eigenvalue weighted by Crippen LogP contribution is -1.97. The minimum absolute atomic E-state index is 0.432. The second-order valence-corrected chi connectivity index (χ2v) is 6.30. The predicted molar refractivity (Wildman–Crippen MR) is 71.5 cm³/mol. The highest BCUT2D eigenvalue weighted by Gasteiger charge is 2.13. The Labute approximate surface area is 114 Å². The van der Waals surface area contributed by atoms with Crippen molar-refractivity contribution in [2.24, 2.45) is 0 Å². The maximum Gasteiger partial charge on any atom is 0.179 e. The standard InChI is InChI=1S/C10H6BrClN4S/c1-5-13-8(12)4-9-14-15-10(16(5)9)6-2-3-7(11)17-6/h2-4H,1H3. The summed E-state index contributed by atoms with van der Waals surface area (Å²) < 4.78 is 2.95. The van der Waals surface area contributed by atoms with Crippen LogP contribution < -0.4 is 0 Å². The first-order chi connectivity index (χ1) is 8.15. The maximum absolute atomic E-state index is 5.89. The van der Waals surface area contributed by atoms with Gasteiger partial charge in [0.25, 0.3) is 0 Å². The summed E-state index contributed by atoms with van der Waals surface area (Å²) in [6.45, 7) is 1.88. The number of thiophene rings is 1. The zero-order valence-corrected chi connectivity index (χ0v) is 11.8. The van der Waals surface area contributed by atoms with Crippen LogP contribution in [0.5, 0.6) is 0 Å². The Bertz CT molecular complexity index is 705. The number of rotatable bonds is 1. The van der Waals surface area contributed by atoms with Gasteiger partial charge in [0, 0.05) is 6.07 Å². The molecule has 0 N–H and O–H groups in total. The number of aryl methyl sites for hydroxylation is 1. The van der Waals surface area contributed by atoms with Crippen molar-refractivity contribution < 1.29 is 0 Å². The molecule has 86 valence electrons. The molecule has 0 saturated carbocycles. The fourth-order valence-corrected chi connectivity index (χ4v) is 3.23. The van der Waals surface area contributed by atoms with Crippen LogP contribution in [0.3, 0.4) is 0 Å². The Morgan fingerprint density at radius 2 is 2.18 bits per heavy atom. The summed E-state index contributed by atoms with van der Waals surface area (Å²) in [7, 11) is 0.